The summed E-state index contributed by atoms with van der Waals surface area (Å²) in [5.74, 6) is 0.341. The van der Waals surface area contributed by atoms with E-state index in [9.17, 15) is 5.11 Å². The number of phenolic OH excluding ortho intramolecular Hbond substituents is 1. The first kappa shape index (κ1) is 10.5. The van der Waals surface area contributed by atoms with Crippen molar-refractivity contribution in [1.82, 2.24) is 4.90 Å². The van der Waals surface area contributed by atoms with Crippen LogP contribution >= 0.6 is 0 Å². The number of rotatable bonds is 2. The zero-order valence-electron chi connectivity index (χ0n) is 8.89. The van der Waals surface area contributed by atoms with Crippen LogP contribution in [0.25, 0.3) is 0 Å². The molecular weight excluding hydrogens is 188 g/mol. The highest BCUT2D eigenvalue weighted by atomic mass is 16.3. The summed E-state index contributed by atoms with van der Waals surface area (Å²) in [5, 5.41) is 9.35. The molecule has 1 aliphatic rings. The Balaban J connectivity index is 1.96. The second-order valence-corrected chi connectivity index (χ2v) is 4.31. The lowest BCUT2D eigenvalue weighted by atomic mass is 10.1. The third kappa shape index (κ3) is 2.94. The number of aromatic hydroxyl groups is 1. The number of phenols is 1. The number of hydrogen-bond acceptors (Lipinski definition) is 3. The van der Waals surface area contributed by atoms with Gasteiger partial charge in [0.25, 0.3) is 0 Å². The third-order valence-corrected chi connectivity index (χ3v) is 2.86. The van der Waals surface area contributed by atoms with Crippen LogP contribution in [0.5, 0.6) is 5.75 Å². The van der Waals surface area contributed by atoms with Crippen LogP contribution in [0.4, 0.5) is 0 Å². The van der Waals surface area contributed by atoms with Crippen molar-refractivity contribution in [1.29, 1.82) is 0 Å². The molecule has 1 heterocycles. The second kappa shape index (κ2) is 4.64. The molecule has 0 bridgehead atoms. The summed E-state index contributed by atoms with van der Waals surface area (Å²) in [6.07, 6.45) is 2.32. The van der Waals surface area contributed by atoms with Crippen molar-refractivity contribution in [2.24, 2.45) is 5.73 Å². The highest BCUT2D eigenvalue weighted by Gasteiger charge is 2.16. The Morgan fingerprint density at radius 3 is 3.07 bits per heavy atom. The zero-order chi connectivity index (χ0) is 10.7. The Morgan fingerprint density at radius 1 is 1.47 bits per heavy atom. The minimum absolute atomic E-state index is 0.316. The molecule has 1 aromatic carbocycles. The molecule has 0 aromatic heterocycles. The first-order valence-corrected chi connectivity index (χ1v) is 5.50. The highest BCUT2D eigenvalue weighted by Crippen LogP contribution is 2.15. The van der Waals surface area contributed by atoms with Crippen LogP contribution in [0.1, 0.15) is 18.4 Å². The Kier molecular flexibility index (Phi) is 3.23. The maximum atomic E-state index is 9.35. The van der Waals surface area contributed by atoms with Gasteiger partial charge in [0, 0.05) is 19.1 Å². The summed E-state index contributed by atoms with van der Waals surface area (Å²) >= 11 is 0. The highest BCUT2D eigenvalue weighted by molar-refractivity contribution is 5.27. The van der Waals surface area contributed by atoms with E-state index in [-0.39, 0.29) is 0 Å². The molecule has 0 radical (unpaired) electrons. The first-order chi connectivity index (χ1) is 7.24. The fraction of sp³-hybridized carbons (Fsp3) is 0.500. The van der Waals surface area contributed by atoms with Gasteiger partial charge in [-0.25, -0.2) is 0 Å². The van der Waals surface area contributed by atoms with E-state index >= 15 is 0 Å². The molecule has 1 saturated heterocycles. The van der Waals surface area contributed by atoms with E-state index in [4.69, 9.17) is 5.73 Å². The van der Waals surface area contributed by atoms with Crippen LogP contribution in [0.15, 0.2) is 24.3 Å². The molecule has 2 rings (SSSR count). The van der Waals surface area contributed by atoms with Gasteiger partial charge in [-0.3, -0.25) is 4.90 Å². The van der Waals surface area contributed by atoms with E-state index < -0.39 is 0 Å². The molecule has 1 atom stereocenters. The van der Waals surface area contributed by atoms with Crippen LogP contribution in [-0.4, -0.2) is 29.1 Å². The van der Waals surface area contributed by atoms with E-state index in [2.05, 4.69) is 4.90 Å². The van der Waals surface area contributed by atoms with E-state index in [1.807, 2.05) is 18.2 Å². The molecular formula is C12H18N2O. The quantitative estimate of drug-likeness (QED) is 0.767. The summed E-state index contributed by atoms with van der Waals surface area (Å²) in [6.45, 7) is 2.97. The van der Waals surface area contributed by atoms with E-state index in [1.165, 1.54) is 6.42 Å². The molecule has 0 aliphatic carbocycles. The minimum Gasteiger partial charge on any atom is -0.508 e. The number of nitrogens with two attached hydrogens (primary N) is 1. The van der Waals surface area contributed by atoms with Gasteiger partial charge in [-0.05, 0) is 37.1 Å². The van der Waals surface area contributed by atoms with Gasteiger partial charge in [-0.1, -0.05) is 12.1 Å². The second-order valence-electron chi connectivity index (χ2n) is 4.31. The third-order valence-electron chi connectivity index (χ3n) is 2.86. The zero-order valence-corrected chi connectivity index (χ0v) is 8.89. The van der Waals surface area contributed by atoms with Gasteiger partial charge >= 0.3 is 0 Å². The summed E-state index contributed by atoms with van der Waals surface area (Å²) < 4.78 is 0. The predicted molar refractivity (Wildman–Crippen MR) is 60.6 cm³/mol. The fourth-order valence-electron chi connectivity index (χ4n) is 2.15. The molecule has 0 saturated carbocycles. The van der Waals surface area contributed by atoms with Gasteiger partial charge in [0.1, 0.15) is 5.75 Å². The summed E-state index contributed by atoms with van der Waals surface area (Å²) in [5.41, 5.74) is 7.07. The minimum atomic E-state index is 0.316. The monoisotopic (exact) mass is 206 g/mol. The van der Waals surface area contributed by atoms with Crippen LogP contribution in [0, 0.1) is 0 Å². The molecule has 1 fully saturated rings. The van der Waals surface area contributed by atoms with Gasteiger partial charge in [-0.15, -0.1) is 0 Å². The van der Waals surface area contributed by atoms with Crippen molar-refractivity contribution >= 4 is 0 Å². The van der Waals surface area contributed by atoms with Crippen molar-refractivity contribution < 1.29 is 5.11 Å². The normalized spacial score (nSPS) is 22.9. The standard InChI is InChI=1S/C12H18N2O/c13-11-4-2-6-14(9-11)8-10-3-1-5-12(15)7-10/h1,3,5,7,11,15H,2,4,6,8-9,13H2/t11-/m0/s1. The molecule has 1 aromatic rings. The molecule has 0 unspecified atom stereocenters. The topological polar surface area (TPSA) is 49.5 Å². The Labute approximate surface area is 90.5 Å². The van der Waals surface area contributed by atoms with Crippen molar-refractivity contribution in [3.8, 4) is 5.75 Å². The predicted octanol–water partition coefficient (Wildman–Crippen LogP) is 1.32. The number of nitrogens with zero attached hydrogens (tertiary/aromatic N) is 1. The lowest BCUT2D eigenvalue weighted by Gasteiger charge is -2.30. The van der Waals surface area contributed by atoms with E-state index in [0.717, 1.165) is 31.6 Å². The largest absolute Gasteiger partial charge is 0.508 e. The van der Waals surface area contributed by atoms with Gasteiger partial charge < -0.3 is 10.8 Å². The van der Waals surface area contributed by atoms with E-state index in [1.54, 1.807) is 6.07 Å². The summed E-state index contributed by atoms with van der Waals surface area (Å²) in [7, 11) is 0. The van der Waals surface area contributed by atoms with Crippen LogP contribution in [0.3, 0.4) is 0 Å². The van der Waals surface area contributed by atoms with Crippen molar-refractivity contribution in [2.45, 2.75) is 25.4 Å². The Hall–Kier alpha value is -1.06. The average molecular weight is 206 g/mol. The Morgan fingerprint density at radius 2 is 2.33 bits per heavy atom. The number of likely N-dealkylation sites (tertiary alicyclic amines) is 1. The maximum absolute atomic E-state index is 9.35. The molecule has 0 spiro atoms. The first-order valence-electron chi connectivity index (χ1n) is 5.50. The van der Waals surface area contributed by atoms with Crippen molar-refractivity contribution in [2.75, 3.05) is 13.1 Å². The molecule has 1 aliphatic heterocycles. The van der Waals surface area contributed by atoms with Gasteiger partial charge in [0.05, 0.1) is 0 Å². The summed E-state index contributed by atoms with van der Waals surface area (Å²) in [6, 6.07) is 7.76. The molecule has 82 valence electrons. The van der Waals surface area contributed by atoms with Gasteiger partial charge in [0.15, 0.2) is 0 Å². The van der Waals surface area contributed by atoms with Crippen molar-refractivity contribution in [3.63, 3.8) is 0 Å². The molecule has 3 N–H and O–H groups in total. The van der Waals surface area contributed by atoms with E-state index in [0.29, 0.717) is 11.8 Å². The number of hydrogen-bond donors (Lipinski definition) is 2. The van der Waals surface area contributed by atoms with Crippen molar-refractivity contribution in [3.05, 3.63) is 29.8 Å². The fourth-order valence-corrected chi connectivity index (χ4v) is 2.15. The van der Waals surface area contributed by atoms with Gasteiger partial charge in [-0.2, -0.15) is 0 Å². The molecule has 15 heavy (non-hydrogen) atoms. The van der Waals surface area contributed by atoms with Crippen LogP contribution in [0.2, 0.25) is 0 Å². The average Bonchev–Trinajstić information content (AvgIpc) is 2.17. The SMILES string of the molecule is N[C@H]1CCCN(Cc2cccc(O)c2)C1. The number of benzene rings is 1. The van der Waals surface area contributed by atoms with Crippen LogP contribution < -0.4 is 5.73 Å². The Bertz CT molecular complexity index is 327. The molecule has 3 heteroatoms. The van der Waals surface area contributed by atoms with Crippen LogP contribution in [-0.2, 0) is 6.54 Å². The lowest BCUT2D eigenvalue weighted by Crippen LogP contribution is -2.42. The number of piperidine rings is 1. The maximum Gasteiger partial charge on any atom is 0.115 e. The summed E-state index contributed by atoms with van der Waals surface area (Å²) in [4.78, 5) is 2.35. The van der Waals surface area contributed by atoms with Gasteiger partial charge in [0.2, 0.25) is 0 Å². The smallest absolute Gasteiger partial charge is 0.115 e. The lowest BCUT2D eigenvalue weighted by molar-refractivity contribution is 0.201. The molecule has 0 amide bonds. The molecule has 3 nitrogen and oxygen atoms in total.